The smallest absolute Gasteiger partial charge is 0.144 e. The molecule has 2 aliphatic rings. The highest BCUT2D eigenvalue weighted by Gasteiger charge is 2.25. The molecule has 2 aliphatic carbocycles. The maximum atomic E-state index is 13.8. The lowest BCUT2D eigenvalue weighted by Crippen LogP contribution is -2.23. The first-order chi connectivity index (χ1) is 15.6. The predicted octanol–water partition coefficient (Wildman–Crippen LogP) is 7.90. The Balaban J connectivity index is 1.28. The first-order valence-electron chi connectivity index (χ1n) is 12.7. The van der Waals surface area contributed by atoms with E-state index in [9.17, 15) is 8.78 Å². The van der Waals surface area contributed by atoms with E-state index in [0.29, 0.717) is 24.0 Å². The Kier molecular flexibility index (Phi) is 10.2. The predicted molar refractivity (Wildman–Crippen MR) is 125 cm³/mol. The van der Waals surface area contributed by atoms with Crippen LogP contribution in [0.2, 0.25) is 0 Å². The van der Waals surface area contributed by atoms with Crippen molar-refractivity contribution in [2.45, 2.75) is 96.5 Å². The van der Waals surface area contributed by atoms with Gasteiger partial charge in [0.1, 0.15) is 23.3 Å². The highest BCUT2D eigenvalue weighted by atomic mass is 19.1. The summed E-state index contributed by atoms with van der Waals surface area (Å²) in [6.45, 7) is 2.91. The Bertz CT molecular complexity index is 745. The monoisotopic (exact) mass is 443 g/mol. The molecule has 0 spiro atoms. The van der Waals surface area contributed by atoms with Crippen LogP contribution < -0.4 is 0 Å². The number of aryl methyl sites for hydroxylation is 1. The molecule has 0 unspecified atom stereocenters. The molecule has 0 aliphatic heterocycles. The molecule has 0 radical (unpaired) electrons. The zero-order valence-electron chi connectivity index (χ0n) is 19.6. The van der Waals surface area contributed by atoms with Crippen molar-refractivity contribution in [2.24, 2.45) is 17.8 Å². The van der Waals surface area contributed by atoms with Crippen molar-refractivity contribution in [3.8, 4) is 6.07 Å². The molecule has 4 heteroatoms. The summed E-state index contributed by atoms with van der Waals surface area (Å²) in [5.74, 6) is 0.916. The first kappa shape index (κ1) is 24.9. The van der Waals surface area contributed by atoms with Gasteiger partial charge < -0.3 is 4.74 Å². The van der Waals surface area contributed by atoms with Gasteiger partial charge in [0.15, 0.2) is 0 Å². The maximum absolute atomic E-state index is 13.8. The highest BCUT2D eigenvalue weighted by molar-refractivity contribution is 5.35. The zero-order chi connectivity index (χ0) is 22.8. The van der Waals surface area contributed by atoms with Crippen LogP contribution in [0.5, 0.6) is 0 Å². The van der Waals surface area contributed by atoms with E-state index in [1.807, 2.05) is 0 Å². The van der Waals surface area contributed by atoms with Crippen molar-refractivity contribution in [1.82, 2.24) is 0 Å². The third-order valence-corrected chi connectivity index (χ3v) is 7.67. The minimum Gasteiger partial charge on any atom is -0.378 e. The van der Waals surface area contributed by atoms with Crippen LogP contribution in [0.15, 0.2) is 24.3 Å². The number of benzene rings is 1. The SMILES string of the molecule is C/C=C/CCOC1CCC(CCC2CCC(CCc3cc(F)c(C#N)c(F)c3)CC2)CC1. The van der Waals surface area contributed by atoms with Gasteiger partial charge in [0.2, 0.25) is 0 Å². The summed E-state index contributed by atoms with van der Waals surface area (Å²) in [5.41, 5.74) is 0.196. The topological polar surface area (TPSA) is 33.0 Å². The van der Waals surface area contributed by atoms with E-state index in [0.717, 1.165) is 31.3 Å². The number of nitrogens with zero attached hydrogens (tertiary/aromatic N) is 1. The van der Waals surface area contributed by atoms with Crippen molar-refractivity contribution >= 4 is 0 Å². The molecular weight excluding hydrogens is 404 g/mol. The van der Waals surface area contributed by atoms with Gasteiger partial charge in [-0.25, -0.2) is 8.78 Å². The second kappa shape index (κ2) is 13.1. The molecule has 0 aromatic heterocycles. The Morgan fingerprint density at radius 3 is 1.97 bits per heavy atom. The summed E-state index contributed by atoms with van der Waals surface area (Å²) in [5, 5.41) is 8.80. The van der Waals surface area contributed by atoms with Gasteiger partial charge in [-0.3, -0.25) is 0 Å². The van der Waals surface area contributed by atoms with Crippen molar-refractivity contribution < 1.29 is 13.5 Å². The molecule has 0 atom stereocenters. The Labute approximate surface area is 193 Å². The fourth-order valence-electron chi connectivity index (χ4n) is 5.58. The van der Waals surface area contributed by atoms with E-state index in [1.165, 1.54) is 76.3 Å². The first-order valence-corrected chi connectivity index (χ1v) is 12.7. The second-order valence-corrected chi connectivity index (χ2v) is 9.92. The molecule has 0 bridgehead atoms. The molecule has 32 heavy (non-hydrogen) atoms. The molecule has 0 amide bonds. The summed E-state index contributed by atoms with van der Waals surface area (Å²) in [7, 11) is 0. The van der Waals surface area contributed by atoms with E-state index in [4.69, 9.17) is 10.00 Å². The van der Waals surface area contributed by atoms with Crippen molar-refractivity contribution in [3.63, 3.8) is 0 Å². The average Bonchev–Trinajstić information content (AvgIpc) is 2.80. The molecule has 0 saturated heterocycles. The molecule has 2 fully saturated rings. The van der Waals surface area contributed by atoms with Gasteiger partial charge in [0.25, 0.3) is 0 Å². The molecule has 2 saturated carbocycles. The van der Waals surface area contributed by atoms with Gasteiger partial charge in [-0.15, -0.1) is 0 Å². The van der Waals surface area contributed by atoms with Crippen LogP contribution in [0.25, 0.3) is 0 Å². The van der Waals surface area contributed by atoms with Crippen LogP contribution in [-0.4, -0.2) is 12.7 Å². The van der Waals surface area contributed by atoms with E-state index in [2.05, 4.69) is 19.1 Å². The number of allylic oxidation sites excluding steroid dienone is 1. The molecule has 1 aromatic carbocycles. The largest absolute Gasteiger partial charge is 0.378 e. The Morgan fingerprint density at radius 1 is 0.906 bits per heavy atom. The molecule has 176 valence electrons. The summed E-state index contributed by atoms with van der Waals surface area (Å²) in [6, 6.07) is 4.25. The van der Waals surface area contributed by atoms with Gasteiger partial charge >= 0.3 is 0 Å². The molecule has 0 heterocycles. The van der Waals surface area contributed by atoms with E-state index >= 15 is 0 Å². The van der Waals surface area contributed by atoms with Gasteiger partial charge in [-0.05, 0) is 87.3 Å². The van der Waals surface area contributed by atoms with E-state index < -0.39 is 17.2 Å². The number of hydrogen-bond donors (Lipinski definition) is 0. The molecule has 2 nitrogen and oxygen atoms in total. The Hall–Kier alpha value is -1.73. The minimum absolute atomic E-state index is 0.473. The second-order valence-electron chi connectivity index (χ2n) is 9.92. The average molecular weight is 444 g/mol. The lowest BCUT2D eigenvalue weighted by atomic mass is 9.75. The number of nitriles is 1. The number of rotatable bonds is 10. The molecule has 1 aromatic rings. The molecule has 3 rings (SSSR count). The van der Waals surface area contributed by atoms with Crippen LogP contribution in [0.1, 0.15) is 95.1 Å². The van der Waals surface area contributed by atoms with Crippen LogP contribution in [0.3, 0.4) is 0 Å². The van der Waals surface area contributed by atoms with Crippen molar-refractivity contribution in [2.75, 3.05) is 6.61 Å². The normalized spacial score (nSPS) is 26.3. The maximum Gasteiger partial charge on any atom is 0.144 e. The summed E-state index contributed by atoms with van der Waals surface area (Å²) in [4.78, 5) is 0. The van der Waals surface area contributed by atoms with E-state index in [1.54, 1.807) is 6.07 Å². The van der Waals surface area contributed by atoms with Crippen molar-refractivity contribution in [1.29, 1.82) is 5.26 Å². The quantitative estimate of drug-likeness (QED) is 0.272. The lowest BCUT2D eigenvalue weighted by molar-refractivity contribution is 0.0188. The third kappa shape index (κ3) is 7.69. The lowest BCUT2D eigenvalue weighted by Gasteiger charge is -2.32. The van der Waals surface area contributed by atoms with Gasteiger partial charge in [-0.2, -0.15) is 5.26 Å². The standard InChI is InChI=1S/C28H39F2NO/c1-2-3-4-17-32-25-15-13-23(14-16-25)10-9-21-5-7-22(8-6-21)11-12-24-18-27(29)26(20-31)28(30)19-24/h2-3,18-19,21-23,25H,4-17H2,1H3/b3-2+. The van der Waals surface area contributed by atoms with E-state index in [-0.39, 0.29) is 0 Å². The van der Waals surface area contributed by atoms with Crippen LogP contribution in [0, 0.1) is 40.7 Å². The zero-order valence-corrected chi connectivity index (χ0v) is 19.6. The number of halogens is 2. The third-order valence-electron chi connectivity index (χ3n) is 7.67. The number of hydrogen-bond acceptors (Lipinski definition) is 2. The van der Waals surface area contributed by atoms with Crippen LogP contribution >= 0.6 is 0 Å². The van der Waals surface area contributed by atoms with Crippen molar-refractivity contribution in [3.05, 3.63) is 47.0 Å². The fourth-order valence-corrected chi connectivity index (χ4v) is 5.58. The van der Waals surface area contributed by atoms with Gasteiger partial charge in [0, 0.05) is 0 Å². The fraction of sp³-hybridized carbons (Fsp3) is 0.679. The Morgan fingerprint density at radius 2 is 1.44 bits per heavy atom. The molecular formula is C28H39F2NO. The summed E-state index contributed by atoms with van der Waals surface area (Å²) < 4.78 is 33.6. The van der Waals surface area contributed by atoms with Gasteiger partial charge in [0.05, 0.1) is 12.7 Å². The highest BCUT2D eigenvalue weighted by Crippen LogP contribution is 2.37. The van der Waals surface area contributed by atoms with Gasteiger partial charge in [-0.1, -0.05) is 50.7 Å². The summed E-state index contributed by atoms with van der Waals surface area (Å²) >= 11 is 0. The minimum atomic E-state index is -0.736. The summed E-state index contributed by atoms with van der Waals surface area (Å²) in [6.07, 6.45) is 20.3. The van der Waals surface area contributed by atoms with Crippen LogP contribution in [-0.2, 0) is 11.2 Å². The van der Waals surface area contributed by atoms with Crippen LogP contribution in [0.4, 0.5) is 8.78 Å². The molecule has 0 N–H and O–H groups in total. The number of ether oxygens (including phenoxy) is 1.